The predicted octanol–water partition coefficient (Wildman–Crippen LogP) is 2.94. The Labute approximate surface area is 103 Å². The summed E-state index contributed by atoms with van der Waals surface area (Å²) in [6.07, 6.45) is 4.06. The smallest absolute Gasteiger partial charge is 0.140 e. The summed E-state index contributed by atoms with van der Waals surface area (Å²) >= 11 is 0. The van der Waals surface area contributed by atoms with E-state index in [2.05, 4.69) is 54.8 Å². The summed E-state index contributed by atoms with van der Waals surface area (Å²) in [6, 6.07) is 4.15. The Morgan fingerprint density at radius 3 is 2.76 bits per heavy atom. The van der Waals surface area contributed by atoms with E-state index >= 15 is 0 Å². The van der Waals surface area contributed by atoms with E-state index in [1.54, 1.807) is 0 Å². The molecule has 0 saturated heterocycles. The van der Waals surface area contributed by atoms with Crippen molar-refractivity contribution in [2.24, 2.45) is 0 Å². The third-order valence-corrected chi connectivity index (χ3v) is 2.87. The van der Waals surface area contributed by atoms with Crippen molar-refractivity contribution in [3.8, 4) is 0 Å². The van der Waals surface area contributed by atoms with Gasteiger partial charge in [0, 0.05) is 36.4 Å². The fourth-order valence-corrected chi connectivity index (χ4v) is 1.94. The summed E-state index contributed by atoms with van der Waals surface area (Å²) in [6.45, 7) is 10.6. The molecule has 0 saturated carbocycles. The van der Waals surface area contributed by atoms with E-state index in [0.717, 1.165) is 18.7 Å². The van der Waals surface area contributed by atoms with Gasteiger partial charge in [-0.2, -0.15) is 0 Å². The molecule has 0 amide bonds. The van der Waals surface area contributed by atoms with E-state index in [-0.39, 0.29) is 5.54 Å². The van der Waals surface area contributed by atoms with Crippen molar-refractivity contribution in [3.05, 3.63) is 30.1 Å². The Kier molecular flexibility index (Phi) is 3.20. The van der Waals surface area contributed by atoms with Crippen LogP contribution in [0.4, 0.5) is 0 Å². The molecule has 0 atom stereocenters. The maximum atomic E-state index is 4.45. The van der Waals surface area contributed by atoms with E-state index in [9.17, 15) is 0 Å². The van der Waals surface area contributed by atoms with Gasteiger partial charge in [0.25, 0.3) is 0 Å². The lowest BCUT2D eigenvalue weighted by Crippen LogP contribution is -2.34. The van der Waals surface area contributed by atoms with Gasteiger partial charge in [0.1, 0.15) is 5.65 Å². The largest absolute Gasteiger partial charge is 0.332 e. The number of rotatable bonds is 3. The van der Waals surface area contributed by atoms with Crippen molar-refractivity contribution >= 4 is 11.0 Å². The second-order valence-corrected chi connectivity index (χ2v) is 5.42. The fraction of sp³-hybridized carbons (Fsp3) is 0.500. The molecule has 2 aromatic heterocycles. The number of hydrogen-bond donors (Lipinski definition) is 1. The zero-order chi connectivity index (χ0) is 12.5. The van der Waals surface area contributed by atoms with Gasteiger partial charge >= 0.3 is 0 Å². The summed E-state index contributed by atoms with van der Waals surface area (Å²) in [5.41, 5.74) is 2.55. The highest BCUT2D eigenvalue weighted by atomic mass is 15.0. The lowest BCUT2D eigenvalue weighted by Gasteiger charge is -2.20. The Morgan fingerprint density at radius 2 is 2.12 bits per heavy atom. The van der Waals surface area contributed by atoms with Crippen LogP contribution in [0.1, 0.15) is 33.3 Å². The van der Waals surface area contributed by atoms with Gasteiger partial charge in [0.2, 0.25) is 0 Å². The Balaban J connectivity index is 2.34. The van der Waals surface area contributed by atoms with Crippen LogP contribution in [-0.4, -0.2) is 15.1 Å². The molecular formula is C14H21N3. The van der Waals surface area contributed by atoms with Gasteiger partial charge in [0.05, 0.1) is 0 Å². The maximum Gasteiger partial charge on any atom is 0.140 e. The zero-order valence-electron chi connectivity index (χ0n) is 11.1. The van der Waals surface area contributed by atoms with Crippen molar-refractivity contribution in [1.29, 1.82) is 0 Å². The lowest BCUT2D eigenvalue weighted by atomic mass is 10.1. The SMILES string of the molecule is CCn1cc(CNC(C)(C)C)c2cccnc21. The highest BCUT2D eigenvalue weighted by molar-refractivity contribution is 5.80. The Morgan fingerprint density at radius 1 is 1.35 bits per heavy atom. The molecule has 0 bridgehead atoms. The van der Waals surface area contributed by atoms with Crippen LogP contribution < -0.4 is 5.32 Å². The number of aryl methyl sites for hydroxylation is 1. The molecule has 2 aromatic rings. The van der Waals surface area contributed by atoms with Gasteiger partial charge in [-0.3, -0.25) is 0 Å². The van der Waals surface area contributed by atoms with E-state index < -0.39 is 0 Å². The van der Waals surface area contributed by atoms with Crippen LogP contribution in [0.5, 0.6) is 0 Å². The quantitative estimate of drug-likeness (QED) is 0.880. The molecule has 0 aliphatic heterocycles. The van der Waals surface area contributed by atoms with E-state index in [1.165, 1.54) is 10.9 Å². The lowest BCUT2D eigenvalue weighted by molar-refractivity contribution is 0.425. The highest BCUT2D eigenvalue weighted by Gasteiger charge is 2.12. The van der Waals surface area contributed by atoms with Crippen molar-refractivity contribution in [1.82, 2.24) is 14.9 Å². The molecule has 0 aromatic carbocycles. The molecule has 0 unspecified atom stereocenters. The summed E-state index contributed by atoms with van der Waals surface area (Å²) in [4.78, 5) is 4.45. The minimum atomic E-state index is 0.142. The molecule has 0 aliphatic carbocycles. The molecule has 92 valence electrons. The van der Waals surface area contributed by atoms with Crippen molar-refractivity contribution < 1.29 is 0 Å². The van der Waals surface area contributed by atoms with Gasteiger partial charge in [-0.15, -0.1) is 0 Å². The molecule has 3 heteroatoms. The molecule has 0 spiro atoms. The molecule has 0 fully saturated rings. The Bertz CT molecular complexity index is 506. The van der Waals surface area contributed by atoms with Crippen LogP contribution in [0.2, 0.25) is 0 Å². The van der Waals surface area contributed by atoms with Crippen LogP contribution in [0.3, 0.4) is 0 Å². The summed E-state index contributed by atoms with van der Waals surface area (Å²) in [5, 5.41) is 4.78. The number of aromatic nitrogens is 2. The van der Waals surface area contributed by atoms with Gasteiger partial charge in [-0.25, -0.2) is 4.98 Å². The van der Waals surface area contributed by atoms with E-state index in [4.69, 9.17) is 0 Å². The van der Waals surface area contributed by atoms with Gasteiger partial charge in [-0.1, -0.05) is 0 Å². The minimum Gasteiger partial charge on any atom is -0.332 e. The predicted molar refractivity (Wildman–Crippen MR) is 72.0 cm³/mol. The van der Waals surface area contributed by atoms with E-state index in [1.807, 2.05) is 12.3 Å². The maximum absolute atomic E-state index is 4.45. The third-order valence-electron chi connectivity index (χ3n) is 2.87. The molecular weight excluding hydrogens is 210 g/mol. The zero-order valence-corrected chi connectivity index (χ0v) is 11.1. The number of hydrogen-bond acceptors (Lipinski definition) is 2. The van der Waals surface area contributed by atoms with Crippen molar-refractivity contribution in [2.75, 3.05) is 0 Å². The molecule has 0 radical (unpaired) electrons. The topological polar surface area (TPSA) is 29.9 Å². The number of nitrogens with zero attached hydrogens (tertiary/aromatic N) is 2. The monoisotopic (exact) mass is 231 g/mol. The molecule has 2 heterocycles. The third kappa shape index (κ3) is 2.67. The summed E-state index contributed by atoms with van der Waals surface area (Å²) < 4.78 is 2.20. The van der Waals surface area contributed by atoms with Crippen molar-refractivity contribution in [3.63, 3.8) is 0 Å². The van der Waals surface area contributed by atoms with Crippen molar-refractivity contribution in [2.45, 2.75) is 46.3 Å². The first-order valence-corrected chi connectivity index (χ1v) is 6.19. The van der Waals surface area contributed by atoms with Gasteiger partial charge in [-0.05, 0) is 45.4 Å². The summed E-state index contributed by atoms with van der Waals surface area (Å²) in [7, 11) is 0. The Hall–Kier alpha value is -1.35. The van der Waals surface area contributed by atoms with Crippen LogP contribution in [0, 0.1) is 0 Å². The average molecular weight is 231 g/mol. The van der Waals surface area contributed by atoms with Crippen LogP contribution in [-0.2, 0) is 13.1 Å². The molecule has 3 nitrogen and oxygen atoms in total. The second-order valence-electron chi connectivity index (χ2n) is 5.42. The number of nitrogens with one attached hydrogen (secondary N) is 1. The van der Waals surface area contributed by atoms with Gasteiger partial charge in [0.15, 0.2) is 0 Å². The average Bonchev–Trinajstić information content (AvgIpc) is 2.64. The fourth-order valence-electron chi connectivity index (χ4n) is 1.94. The first-order valence-electron chi connectivity index (χ1n) is 6.19. The highest BCUT2D eigenvalue weighted by Crippen LogP contribution is 2.19. The summed E-state index contributed by atoms with van der Waals surface area (Å²) in [5.74, 6) is 0. The number of fused-ring (bicyclic) bond motifs is 1. The molecule has 2 rings (SSSR count). The van der Waals surface area contributed by atoms with Crippen LogP contribution in [0.15, 0.2) is 24.5 Å². The van der Waals surface area contributed by atoms with E-state index in [0.29, 0.717) is 0 Å². The molecule has 17 heavy (non-hydrogen) atoms. The first kappa shape index (κ1) is 12.1. The normalized spacial score (nSPS) is 12.2. The van der Waals surface area contributed by atoms with Crippen LogP contribution in [0.25, 0.3) is 11.0 Å². The molecule has 0 aliphatic rings. The van der Waals surface area contributed by atoms with Gasteiger partial charge < -0.3 is 9.88 Å². The first-order chi connectivity index (χ1) is 8.01. The van der Waals surface area contributed by atoms with Crippen LogP contribution >= 0.6 is 0 Å². The standard InChI is InChI=1S/C14H21N3/c1-5-17-10-11(9-16-14(2,3)4)12-7-6-8-15-13(12)17/h6-8,10,16H,5,9H2,1-4H3. The number of pyridine rings is 1. The second kappa shape index (κ2) is 4.49. The molecule has 1 N–H and O–H groups in total. The minimum absolute atomic E-state index is 0.142.